The largest absolute Gasteiger partial charge is 0.341 e. The standard InChI is InChI=1S/C13H15NO/c1-8-5-9(2)13-11(6-8)10(3)12(7-15)14(13)4/h5-7H,1-4H3. The number of aryl methyl sites for hydroxylation is 4. The molecule has 1 aromatic carbocycles. The molecule has 0 bridgehead atoms. The molecule has 78 valence electrons. The molecule has 0 spiro atoms. The van der Waals surface area contributed by atoms with Gasteiger partial charge < -0.3 is 4.57 Å². The van der Waals surface area contributed by atoms with Gasteiger partial charge in [-0.15, -0.1) is 0 Å². The maximum Gasteiger partial charge on any atom is 0.166 e. The summed E-state index contributed by atoms with van der Waals surface area (Å²) in [4.78, 5) is 11.0. The van der Waals surface area contributed by atoms with Crippen molar-refractivity contribution >= 4 is 17.2 Å². The predicted octanol–water partition coefficient (Wildman–Crippen LogP) is 2.92. The number of benzene rings is 1. The van der Waals surface area contributed by atoms with E-state index in [0.717, 1.165) is 17.5 Å². The molecule has 15 heavy (non-hydrogen) atoms. The Morgan fingerprint density at radius 1 is 1.20 bits per heavy atom. The number of hydrogen-bond donors (Lipinski definition) is 0. The number of hydrogen-bond acceptors (Lipinski definition) is 1. The van der Waals surface area contributed by atoms with E-state index < -0.39 is 0 Å². The number of nitrogens with zero attached hydrogens (tertiary/aromatic N) is 1. The van der Waals surface area contributed by atoms with Crippen LogP contribution in [-0.4, -0.2) is 10.9 Å². The summed E-state index contributed by atoms with van der Waals surface area (Å²) in [7, 11) is 1.95. The molecule has 0 fully saturated rings. The summed E-state index contributed by atoms with van der Waals surface area (Å²) in [6, 6.07) is 4.29. The van der Waals surface area contributed by atoms with E-state index in [1.165, 1.54) is 22.0 Å². The van der Waals surface area contributed by atoms with Crippen LogP contribution in [0.25, 0.3) is 10.9 Å². The van der Waals surface area contributed by atoms with Gasteiger partial charge in [-0.1, -0.05) is 11.6 Å². The third kappa shape index (κ3) is 1.29. The molecular weight excluding hydrogens is 186 g/mol. The summed E-state index contributed by atoms with van der Waals surface area (Å²) < 4.78 is 1.98. The van der Waals surface area contributed by atoms with Crippen LogP contribution in [0.2, 0.25) is 0 Å². The molecule has 0 saturated heterocycles. The Morgan fingerprint density at radius 3 is 2.47 bits per heavy atom. The van der Waals surface area contributed by atoms with E-state index in [2.05, 4.69) is 26.0 Å². The van der Waals surface area contributed by atoms with Crippen LogP contribution >= 0.6 is 0 Å². The molecule has 0 N–H and O–H groups in total. The molecule has 0 aliphatic rings. The maximum absolute atomic E-state index is 11.0. The fraction of sp³-hybridized carbons (Fsp3) is 0.308. The van der Waals surface area contributed by atoms with Crippen LogP contribution in [0.5, 0.6) is 0 Å². The van der Waals surface area contributed by atoms with Gasteiger partial charge in [0, 0.05) is 12.4 Å². The van der Waals surface area contributed by atoms with Gasteiger partial charge in [0.2, 0.25) is 0 Å². The molecule has 0 aliphatic heterocycles. The van der Waals surface area contributed by atoms with E-state index in [0.29, 0.717) is 0 Å². The zero-order chi connectivity index (χ0) is 11.2. The zero-order valence-corrected chi connectivity index (χ0v) is 9.59. The van der Waals surface area contributed by atoms with Crippen molar-refractivity contribution in [2.75, 3.05) is 0 Å². The molecular formula is C13H15NO. The van der Waals surface area contributed by atoms with E-state index in [4.69, 9.17) is 0 Å². The van der Waals surface area contributed by atoms with Crippen LogP contribution in [0.4, 0.5) is 0 Å². The van der Waals surface area contributed by atoms with E-state index in [-0.39, 0.29) is 0 Å². The highest BCUT2D eigenvalue weighted by Crippen LogP contribution is 2.27. The number of aldehydes is 1. The summed E-state index contributed by atoms with van der Waals surface area (Å²) in [5.41, 5.74) is 5.49. The van der Waals surface area contributed by atoms with Crippen LogP contribution in [-0.2, 0) is 7.05 Å². The van der Waals surface area contributed by atoms with Gasteiger partial charge in [0.1, 0.15) is 0 Å². The molecule has 2 rings (SSSR count). The molecule has 0 amide bonds. The lowest BCUT2D eigenvalue weighted by Gasteiger charge is -2.03. The Kier molecular flexibility index (Phi) is 2.14. The minimum absolute atomic E-state index is 0.777. The molecule has 2 heteroatoms. The first kappa shape index (κ1) is 9.97. The average molecular weight is 201 g/mol. The number of rotatable bonds is 1. The highest BCUT2D eigenvalue weighted by atomic mass is 16.1. The first-order valence-electron chi connectivity index (χ1n) is 5.07. The molecule has 2 nitrogen and oxygen atoms in total. The quantitative estimate of drug-likeness (QED) is 0.650. The van der Waals surface area contributed by atoms with Gasteiger partial charge in [0.25, 0.3) is 0 Å². The summed E-state index contributed by atoms with van der Waals surface area (Å²) in [6.07, 6.45) is 0.935. The summed E-state index contributed by atoms with van der Waals surface area (Å²) >= 11 is 0. The molecule has 0 radical (unpaired) electrons. The first-order chi connectivity index (χ1) is 7.06. The van der Waals surface area contributed by atoms with Gasteiger partial charge >= 0.3 is 0 Å². The summed E-state index contributed by atoms with van der Waals surface area (Å²) in [5, 5.41) is 1.19. The number of fused-ring (bicyclic) bond motifs is 1. The van der Waals surface area contributed by atoms with Crippen molar-refractivity contribution in [3.05, 3.63) is 34.5 Å². The van der Waals surface area contributed by atoms with Crippen molar-refractivity contribution in [3.8, 4) is 0 Å². The topological polar surface area (TPSA) is 22.0 Å². The Hall–Kier alpha value is -1.57. The second-order valence-corrected chi connectivity index (χ2v) is 4.17. The van der Waals surface area contributed by atoms with Crippen LogP contribution in [0.15, 0.2) is 12.1 Å². The van der Waals surface area contributed by atoms with Crippen molar-refractivity contribution < 1.29 is 4.79 Å². The Balaban J connectivity index is 3.01. The molecule has 1 aromatic heterocycles. The zero-order valence-electron chi connectivity index (χ0n) is 9.59. The van der Waals surface area contributed by atoms with E-state index in [1.54, 1.807) is 0 Å². The fourth-order valence-electron chi connectivity index (χ4n) is 2.37. The normalized spacial score (nSPS) is 10.9. The lowest BCUT2D eigenvalue weighted by Crippen LogP contribution is -1.96. The average Bonchev–Trinajstić information content (AvgIpc) is 2.39. The molecule has 0 saturated carbocycles. The van der Waals surface area contributed by atoms with E-state index in [1.807, 2.05) is 18.5 Å². The molecule has 0 aliphatic carbocycles. The van der Waals surface area contributed by atoms with Crippen LogP contribution in [0.3, 0.4) is 0 Å². The maximum atomic E-state index is 11.0. The minimum atomic E-state index is 0.777. The number of carbonyl (C=O) groups excluding carboxylic acids is 1. The summed E-state index contributed by atoms with van der Waals surface area (Å²) in [6.45, 7) is 6.17. The van der Waals surface area contributed by atoms with E-state index in [9.17, 15) is 4.79 Å². The van der Waals surface area contributed by atoms with Gasteiger partial charge in [-0.25, -0.2) is 0 Å². The smallest absolute Gasteiger partial charge is 0.166 e. The number of carbonyl (C=O) groups is 1. The van der Waals surface area contributed by atoms with Crippen molar-refractivity contribution in [3.63, 3.8) is 0 Å². The molecule has 2 aromatic rings. The van der Waals surface area contributed by atoms with Gasteiger partial charge in [-0.05, 0) is 38.0 Å². The SMILES string of the molecule is Cc1cc(C)c2c(c1)c(C)c(C=O)n2C. The first-order valence-corrected chi connectivity index (χ1v) is 5.07. The highest BCUT2D eigenvalue weighted by molar-refractivity contribution is 5.94. The van der Waals surface area contributed by atoms with E-state index >= 15 is 0 Å². The molecule has 0 atom stereocenters. The predicted molar refractivity (Wildman–Crippen MR) is 62.5 cm³/mol. The third-order valence-electron chi connectivity index (χ3n) is 3.04. The monoisotopic (exact) mass is 201 g/mol. The summed E-state index contributed by atoms with van der Waals surface area (Å²) in [5.74, 6) is 0. The molecule has 1 heterocycles. The van der Waals surface area contributed by atoms with Crippen LogP contribution < -0.4 is 0 Å². The second-order valence-electron chi connectivity index (χ2n) is 4.17. The fourth-order valence-corrected chi connectivity index (χ4v) is 2.37. The Morgan fingerprint density at radius 2 is 1.87 bits per heavy atom. The van der Waals surface area contributed by atoms with Crippen LogP contribution in [0, 0.1) is 20.8 Å². The van der Waals surface area contributed by atoms with Crippen molar-refractivity contribution in [2.24, 2.45) is 7.05 Å². The Bertz CT molecular complexity index is 549. The lowest BCUT2D eigenvalue weighted by atomic mass is 10.1. The van der Waals surface area contributed by atoms with Gasteiger partial charge in [0.05, 0.1) is 11.2 Å². The van der Waals surface area contributed by atoms with Gasteiger partial charge in [-0.3, -0.25) is 4.79 Å². The lowest BCUT2D eigenvalue weighted by molar-refractivity contribution is 0.111. The second kappa shape index (κ2) is 3.23. The van der Waals surface area contributed by atoms with Crippen molar-refractivity contribution in [1.82, 2.24) is 4.57 Å². The van der Waals surface area contributed by atoms with Crippen molar-refractivity contribution in [2.45, 2.75) is 20.8 Å². The molecule has 0 unspecified atom stereocenters. The number of aromatic nitrogens is 1. The Labute approximate surface area is 89.5 Å². The van der Waals surface area contributed by atoms with Crippen molar-refractivity contribution in [1.29, 1.82) is 0 Å². The van der Waals surface area contributed by atoms with Gasteiger partial charge in [-0.2, -0.15) is 0 Å². The third-order valence-corrected chi connectivity index (χ3v) is 3.04. The van der Waals surface area contributed by atoms with Crippen LogP contribution in [0.1, 0.15) is 27.2 Å². The van der Waals surface area contributed by atoms with Gasteiger partial charge in [0.15, 0.2) is 6.29 Å². The minimum Gasteiger partial charge on any atom is -0.341 e. The highest BCUT2D eigenvalue weighted by Gasteiger charge is 2.12.